The van der Waals surface area contributed by atoms with E-state index in [1.54, 1.807) is 10.5 Å². The molecule has 3 heterocycles. The lowest BCUT2D eigenvalue weighted by Gasteiger charge is -2.11. The van der Waals surface area contributed by atoms with Crippen LogP contribution in [0.1, 0.15) is 21.7 Å². The number of carbonyl (C=O) groups is 1. The number of H-pyrrole nitrogens is 1. The fourth-order valence-electron chi connectivity index (χ4n) is 3.94. The SMILES string of the molecule is Cc1[nH]c2ccccc2c1C(=O)Cn1c(C)cc(=O)n2c3ccccc3nc12. The van der Waals surface area contributed by atoms with Crippen molar-refractivity contribution in [2.24, 2.45) is 0 Å². The fraction of sp³-hybridized carbons (Fsp3) is 0.136. The highest BCUT2D eigenvalue weighted by atomic mass is 16.1. The molecular formula is C22H18N4O2. The molecule has 28 heavy (non-hydrogen) atoms. The largest absolute Gasteiger partial charge is 0.358 e. The van der Waals surface area contributed by atoms with Crippen LogP contribution in [0.2, 0.25) is 0 Å². The maximum Gasteiger partial charge on any atom is 0.259 e. The molecule has 0 radical (unpaired) electrons. The Kier molecular flexibility index (Phi) is 3.49. The Labute approximate surface area is 160 Å². The van der Waals surface area contributed by atoms with Gasteiger partial charge < -0.3 is 9.55 Å². The number of ketones is 1. The molecule has 0 spiro atoms. The Balaban J connectivity index is 1.70. The first-order valence-corrected chi connectivity index (χ1v) is 9.13. The van der Waals surface area contributed by atoms with E-state index in [1.165, 1.54) is 0 Å². The molecule has 0 unspecified atom stereocenters. The van der Waals surface area contributed by atoms with Gasteiger partial charge in [-0.25, -0.2) is 9.38 Å². The molecule has 0 aliphatic carbocycles. The van der Waals surface area contributed by atoms with Crippen LogP contribution in [-0.4, -0.2) is 24.7 Å². The van der Waals surface area contributed by atoms with Gasteiger partial charge in [0.1, 0.15) is 0 Å². The van der Waals surface area contributed by atoms with Gasteiger partial charge in [0.2, 0.25) is 5.78 Å². The van der Waals surface area contributed by atoms with E-state index >= 15 is 0 Å². The van der Waals surface area contributed by atoms with E-state index in [0.29, 0.717) is 17.0 Å². The number of aromatic nitrogens is 4. The van der Waals surface area contributed by atoms with Crippen molar-refractivity contribution in [3.8, 4) is 0 Å². The first kappa shape index (κ1) is 16.5. The minimum atomic E-state index is -0.145. The van der Waals surface area contributed by atoms with Gasteiger partial charge in [-0.1, -0.05) is 30.3 Å². The number of para-hydroxylation sites is 3. The van der Waals surface area contributed by atoms with Crippen LogP contribution in [0.5, 0.6) is 0 Å². The summed E-state index contributed by atoms with van der Waals surface area (Å²) in [6, 6.07) is 16.8. The van der Waals surface area contributed by atoms with Crippen LogP contribution >= 0.6 is 0 Å². The second kappa shape index (κ2) is 5.92. The molecule has 2 aromatic carbocycles. The van der Waals surface area contributed by atoms with Crippen molar-refractivity contribution in [1.29, 1.82) is 0 Å². The van der Waals surface area contributed by atoms with Crippen LogP contribution in [0.25, 0.3) is 27.7 Å². The Bertz CT molecular complexity index is 1450. The van der Waals surface area contributed by atoms with Gasteiger partial charge in [0.15, 0.2) is 5.78 Å². The molecule has 0 saturated carbocycles. The molecule has 138 valence electrons. The molecule has 1 N–H and O–H groups in total. The third-order valence-corrected chi connectivity index (χ3v) is 5.24. The molecule has 5 aromatic rings. The number of imidazole rings is 1. The Morgan fingerprint density at radius 3 is 2.68 bits per heavy atom. The number of nitrogens with one attached hydrogen (secondary N) is 1. The average molecular weight is 370 g/mol. The van der Waals surface area contributed by atoms with E-state index in [-0.39, 0.29) is 17.9 Å². The highest BCUT2D eigenvalue weighted by molar-refractivity contribution is 6.09. The van der Waals surface area contributed by atoms with Crippen LogP contribution in [0.15, 0.2) is 59.4 Å². The van der Waals surface area contributed by atoms with Crippen molar-refractivity contribution >= 4 is 33.5 Å². The van der Waals surface area contributed by atoms with Crippen molar-refractivity contribution in [2.45, 2.75) is 20.4 Å². The second-order valence-electron chi connectivity index (χ2n) is 7.04. The maximum atomic E-state index is 13.3. The summed E-state index contributed by atoms with van der Waals surface area (Å²) < 4.78 is 3.38. The monoisotopic (exact) mass is 370 g/mol. The molecule has 0 aliphatic rings. The van der Waals surface area contributed by atoms with Crippen LogP contribution in [0.4, 0.5) is 0 Å². The zero-order valence-corrected chi connectivity index (χ0v) is 15.6. The first-order valence-electron chi connectivity index (χ1n) is 9.13. The van der Waals surface area contributed by atoms with E-state index in [1.807, 2.05) is 66.9 Å². The molecule has 0 aliphatic heterocycles. The minimum Gasteiger partial charge on any atom is -0.358 e. The second-order valence-corrected chi connectivity index (χ2v) is 7.04. The smallest absolute Gasteiger partial charge is 0.259 e. The fourth-order valence-corrected chi connectivity index (χ4v) is 3.94. The summed E-state index contributed by atoms with van der Waals surface area (Å²) in [5, 5.41) is 0.910. The van der Waals surface area contributed by atoms with Crippen molar-refractivity contribution in [1.82, 2.24) is 18.9 Å². The van der Waals surface area contributed by atoms with Crippen molar-refractivity contribution in [2.75, 3.05) is 0 Å². The van der Waals surface area contributed by atoms with Crippen molar-refractivity contribution in [3.05, 3.63) is 81.9 Å². The van der Waals surface area contributed by atoms with Gasteiger partial charge in [0.25, 0.3) is 5.56 Å². The van der Waals surface area contributed by atoms with Gasteiger partial charge in [-0.3, -0.25) is 9.59 Å². The Hall–Kier alpha value is -3.67. The summed E-state index contributed by atoms with van der Waals surface area (Å²) in [6.07, 6.45) is 0. The van der Waals surface area contributed by atoms with Gasteiger partial charge in [0, 0.05) is 33.9 Å². The van der Waals surface area contributed by atoms with Crippen LogP contribution in [0.3, 0.4) is 0 Å². The topological polar surface area (TPSA) is 72.2 Å². The van der Waals surface area contributed by atoms with Crippen molar-refractivity contribution in [3.63, 3.8) is 0 Å². The van der Waals surface area contributed by atoms with Crippen LogP contribution < -0.4 is 5.56 Å². The lowest BCUT2D eigenvalue weighted by Crippen LogP contribution is -2.22. The standard InChI is InChI=1S/C22H18N4O2/c1-13-11-20(28)26-18-10-6-5-9-17(18)24-22(26)25(13)12-19(27)21-14(2)23-16-8-4-3-7-15(16)21/h3-11,23H,12H2,1-2H3. The Morgan fingerprint density at radius 1 is 1.07 bits per heavy atom. The molecule has 3 aromatic heterocycles. The molecular weight excluding hydrogens is 352 g/mol. The summed E-state index contributed by atoms with van der Waals surface area (Å²) in [5.74, 6) is 0.465. The molecule has 0 atom stereocenters. The zero-order valence-electron chi connectivity index (χ0n) is 15.6. The molecule has 5 rings (SSSR count). The molecule has 0 fully saturated rings. The third kappa shape index (κ3) is 2.31. The number of hydrogen-bond acceptors (Lipinski definition) is 3. The molecule has 0 amide bonds. The van der Waals surface area contributed by atoms with E-state index in [0.717, 1.165) is 27.6 Å². The van der Waals surface area contributed by atoms with Gasteiger partial charge >= 0.3 is 0 Å². The number of carbonyl (C=O) groups excluding carboxylic acids is 1. The summed E-state index contributed by atoms with van der Waals surface area (Å²) in [4.78, 5) is 33.7. The Morgan fingerprint density at radius 2 is 1.82 bits per heavy atom. The number of benzene rings is 2. The number of aromatic amines is 1. The van der Waals surface area contributed by atoms with E-state index < -0.39 is 0 Å². The van der Waals surface area contributed by atoms with Gasteiger partial charge in [-0.2, -0.15) is 0 Å². The highest BCUT2D eigenvalue weighted by Crippen LogP contribution is 2.23. The summed E-state index contributed by atoms with van der Waals surface area (Å²) in [5.41, 5.74) is 4.50. The molecule has 6 heteroatoms. The molecule has 0 saturated heterocycles. The number of aryl methyl sites for hydroxylation is 2. The number of hydrogen-bond donors (Lipinski definition) is 1. The zero-order chi connectivity index (χ0) is 19.4. The molecule has 6 nitrogen and oxygen atoms in total. The van der Waals surface area contributed by atoms with Gasteiger partial charge in [-0.05, 0) is 32.0 Å². The summed E-state index contributed by atoms with van der Waals surface area (Å²) >= 11 is 0. The van der Waals surface area contributed by atoms with E-state index in [9.17, 15) is 9.59 Å². The minimum absolute atomic E-state index is 0.0179. The van der Waals surface area contributed by atoms with Gasteiger partial charge in [-0.15, -0.1) is 0 Å². The van der Waals surface area contributed by atoms with Crippen LogP contribution in [-0.2, 0) is 6.54 Å². The normalized spacial score (nSPS) is 11.6. The maximum absolute atomic E-state index is 13.3. The van der Waals surface area contributed by atoms with Gasteiger partial charge in [0.05, 0.1) is 17.6 Å². The first-order chi connectivity index (χ1) is 13.5. The highest BCUT2D eigenvalue weighted by Gasteiger charge is 2.19. The number of nitrogens with zero attached hydrogens (tertiary/aromatic N) is 3. The summed E-state index contributed by atoms with van der Waals surface area (Å²) in [7, 11) is 0. The lowest BCUT2D eigenvalue weighted by molar-refractivity contribution is 0.0973. The molecule has 0 bridgehead atoms. The number of rotatable bonds is 3. The number of fused-ring (bicyclic) bond motifs is 4. The quantitative estimate of drug-likeness (QED) is 0.493. The van der Waals surface area contributed by atoms with Crippen LogP contribution in [0, 0.1) is 13.8 Å². The third-order valence-electron chi connectivity index (χ3n) is 5.24. The van der Waals surface area contributed by atoms with E-state index in [2.05, 4.69) is 9.97 Å². The number of Topliss-reactive ketones (excluding diaryl/α,β-unsaturated/α-hetero) is 1. The predicted molar refractivity (Wildman–Crippen MR) is 109 cm³/mol. The van der Waals surface area contributed by atoms with Crippen molar-refractivity contribution < 1.29 is 4.79 Å². The lowest BCUT2D eigenvalue weighted by atomic mass is 10.1. The predicted octanol–water partition coefficient (Wildman–Crippen LogP) is 3.63. The van der Waals surface area contributed by atoms with E-state index in [4.69, 9.17) is 0 Å². The average Bonchev–Trinajstić information content (AvgIpc) is 3.22. The summed E-state index contributed by atoms with van der Waals surface area (Å²) in [6.45, 7) is 3.85.